The van der Waals surface area contributed by atoms with Crippen LogP contribution in [0.2, 0.25) is 15.1 Å². The van der Waals surface area contributed by atoms with E-state index in [4.69, 9.17) is 34.8 Å². The van der Waals surface area contributed by atoms with Crippen LogP contribution in [-0.2, 0) is 17.2 Å². The van der Waals surface area contributed by atoms with Gasteiger partial charge in [0.1, 0.15) is 0 Å². The van der Waals surface area contributed by atoms with E-state index < -0.39 is 22.7 Å². The lowest BCUT2D eigenvalue weighted by atomic mass is 10.2. The SMILES string of the molecule is O=S(Nc1cc(Cl)c(Sc2cnc3ccccc3c2)c(Cl)c1)c1ccc(C(F)(F)F)cc1Cl. The van der Waals surface area contributed by atoms with Gasteiger partial charge in [0.05, 0.1) is 31.0 Å². The highest BCUT2D eigenvalue weighted by Gasteiger charge is 2.31. The van der Waals surface area contributed by atoms with Crippen molar-refractivity contribution in [2.45, 2.75) is 20.9 Å². The number of anilines is 1. The van der Waals surface area contributed by atoms with E-state index in [1.165, 1.54) is 23.9 Å². The quantitative estimate of drug-likeness (QED) is 0.272. The Balaban J connectivity index is 1.55. The van der Waals surface area contributed by atoms with E-state index in [1.54, 1.807) is 6.20 Å². The molecule has 11 heteroatoms. The van der Waals surface area contributed by atoms with Crippen molar-refractivity contribution in [2.75, 3.05) is 4.72 Å². The van der Waals surface area contributed by atoms with E-state index in [9.17, 15) is 17.4 Å². The van der Waals surface area contributed by atoms with Gasteiger partial charge in [-0.05, 0) is 42.5 Å². The van der Waals surface area contributed by atoms with Gasteiger partial charge < -0.3 is 4.72 Å². The zero-order valence-electron chi connectivity index (χ0n) is 16.3. The summed E-state index contributed by atoms with van der Waals surface area (Å²) >= 11 is 20.1. The Kier molecular flexibility index (Phi) is 7.12. The predicted octanol–water partition coefficient (Wildman–Crippen LogP) is 8.50. The van der Waals surface area contributed by atoms with E-state index in [-0.39, 0.29) is 9.92 Å². The molecule has 170 valence electrons. The molecule has 0 saturated heterocycles. The average Bonchev–Trinajstić information content (AvgIpc) is 2.75. The predicted molar refractivity (Wildman–Crippen MR) is 129 cm³/mol. The minimum atomic E-state index is -4.55. The number of fused-ring (bicyclic) bond motifs is 1. The Morgan fingerprint density at radius 3 is 2.27 bits per heavy atom. The normalized spacial score (nSPS) is 12.7. The van der Waals surface area contributed by atoms with E-state index in [2.05, 4.69) is 9.71 Å². The third kappa shape index (κ3) is 5.58. The first-order valence-corrected chi connectivity index (χ1v) is 12.3. The monoisotopic (exact) mass is 546 g/mol. The summed E-state index contributed by atoms with van der Waals surface area (Å²) in [5.74, 6) is 0. The van der Waals surface area contributed by atoms with Crippen molar-refractivity contribution in [2.24, 2.45) is 0 Å². The van der Waals surface area contributed by atoms with E-state index >= 15 is 0 Å². The average molecular weight is 548 g/mol. The molecule has 0 saturated carbocycles. The first-order valence-electron chi connectivity index (χ1n) is 9.18. The first-order chi connectivity index (χ1) is 15.6. The van der Waals surface area contributed by atoms with E-state index in [0.29, 0.717) is 20.6 Å². The molecule has 0 spiro atoms. The van der Waals surface area contributed by atoms with Crippen LogP contribution in [-0.4, -0.2) is 9.19 Å². The van der Waals surface area contributed by atoms with Gasteiger partial charge in [0, 0.05) is 27.1 Å². The Labute approximate surface area is 208 Å². The summed E-state index contributed by atoms with van der Waals surface area (Å²) < 4.78 is 53.8. The highest BCUT2D eigenvalue weighted by molar-refractivity contribution is 7.99. The smallest absolute Gasteiger partial charge is 0.301 e. The standard InChI is InChI=1S/C22H12Cl3F3N2OS2/c23-16-8-13(22(26,27)28)5-6-20(16)33(31)30-14-9-17(24)21(18(25)10-14)32-15-7-12-3-1-2-4-19(12)29-11-15/h1-11,30H. The van der Waals surface area contributed by atoms with Gasteiger partial charge in [-0.1, -0.05) is 64.8 Å². The van der Waals surface area contributed by atoms with Crippen molar-refractivity contribution >= 4 is 74.1 Å². The molecule has 4 aromatic rings. The van der Waals surface area contributed by atoms with Gasteiger partial charge in [-0.3, -0.25) is 4.98 Å². The summed E-state index contributed by atoms with van der Waals surface area (Å²) in [6.45, 7) is 0. The first kappa shape index (κ1) is 24.2. The fourth-order valence-electron chi connectivity index (χ4n) is 2.93. The maximum Gasteiger partial charge on any atom is 0.416 e. The van der Waals surface area contributed by atoms with Crippen LogP contribution in [0.1, 0.15) is 5.56 Å². The molecule has 0 bridgehead atoms. The van der Waals surface area contributed by atoms with Gasteiger partial charge in [-0.25, -0.2) is 4.21 Å². The van der Waals surface area contributed by atoms with Gasteiger partial charge in [-0.2, -0.15) is 13.2 Å². The molecular weight excluding hydrogens is 536 g/mol. The van der Waals surface area contributed by atoms with Crippen molar-refractivity contribution in [1.29, 1.82) is 0 Å². The van der Waals surface area contributed by atoms with Crippen molar-refractivity contribution in [3.63, 3.8) is 0 Å². The van der Waals surface area contributed by atoms with Crippen molar-refractivity contribution in [3.8, 4) is 0 Å². The zero-order valence-corrected chi connectivity index (χ0v) is 20.2. The van der Waals surface area contributed by atoms with E-state index in [0.717, 1.165) is 34.0 Å². The highest BCUT2D eigenvalue weighted by Crippen LogP contribution is 2.41. The van der Waals surface area contributed by atoms with Crippen LogP contribution in [0.3, 0.4) is 0 Å². The van der Waals surface area contributed by atoms with Crippen LogP contribution >= 0.6 is 46.6 Å². The second-order valence-corrected chi connectivity index (χ2v) is 10.2. The van der Waals surface area contributed by atoms with Crippen LogP contribution < -0.4 is 4.72 Å². The molecule has 33 heavy (non-hydrogen) atoms. The van der Waals surface area contributed by atoms with Crippen LogP contribution in [0.25, 0.3) is 10.9 Å². The van der Waals surface area contributed by atoms with Gasteiger partial charge >= 0.3 is 6.18 Å². The van der Waals surface area contributed by atoms with Crippen LogP contribution in [0.15, 0.2) is 81.5 Å². The Hall–Kier alpha value is -1.97. The number of nitrogens with one attached hydrogen (secondary N) is 1. The lowest BCUT2D eigenvalue weighted by Gasteiger charge is -2.13. The lowest BCUT2D eigenvalue weighted by molar-refractivity contribution is -0.137. The second kappa shape index (κ2) is 9.72. The number of hydrogen-bond donors (Lipinski definition) is 1. The molecule has 1 unspecified atom stereocenters. The zero-order chi connectivity index (χ0) is 23.8. The molecule has 4 rings (SSSR count). The lowest BCUT2D eigenvalue weighted by Crippen LogP contribution is -2.08. The fourth-order valence-corrected chi connectivity index (χ4v) is 5.75. The third-order valence-electron chi connectivity index (χ3n) is 4.45. The molecule has 0 aliphatic rings. The summed E-state index contributed by atoms with van der Waals surface area (Å²) in [6.07, 6.45) is -2.83. The molecule has 3 aromatic carbocycles. The Morgan fingerprint density at radius 2 is 1.61 bits per heavy atom. The second-order valence-electron chi connectivity index (χ2n) is 6.75. The van der Waals surface area contributed by atoms with Crippen LogP contribution in [0.5, 0.6) is 0 Å². The Morgan fingerprint density at radius 1 is 0.909 bits per heavy atom. The number of para-hydroxylation sites is 1. The molecule has 0 fully saturated rings. The largest absolute Gasteiger partial charge is 0.416 e. The van der Waals surface area contributed by atoms with E-state index in [1.807, 2.05) is 30.3 Å². The summed E-state index contributed by atoms with van der Waals surface area (Å²) in [6, 6.07) is 15.3. The summed E-state index contributed by atoms with van der Waals surface area (Å²) in [7, 11) is -1.94. The number of halogens is 6. The molecule has 1 N–H and O–H groups in total. The molecule has 1 heterocycles. The molecule has 0 amide bonds. The summed E-state index contributed by atoms with van der Waals surface area (Å²) in [5.41, 5.74) is 0.257. The number of aromatic nitrogens is 1. The van der Waals surface area contributed by atoms with Crippen molar-refractivity contribution in [3.05, 3.63) is 87.5 Å². The van der Waals surface area contributed by atoms with Crippen molar-refractivity contribution < 1.29 is 17.4 Å². The maximum atomic E-state index is 12.8. The summed E-state index contributed by atoms with van der Waals surface area (Å²) in [5, 5.41) is 1.30. The van der Waals surface area contributed by atoms with Gasteiger partial charge in [0.25, 0.3) is 0 Å². The minimum Gasteiger partial charge on any atom is -0.301 e. The van der Waals surface area contributed by atoms with Crippen LogP contribution in [0.4, 0.5) is 18.9 Å². The Bertz CT molecular complexity index is 1360. The van der Waals surface area contributed by atoms with Crippen LogP contribution in [0, 0.1) is 0 Å². The minimum absolute atomic E-state index is 0.00222. The van der Waals surface area contributed by atoms with Gasteiger partial charge in [-0.15, -0.1) is 0 Å². The van der Waals surface area contributed by atoms with Crippen molar-refractivity contribution in [1.82, 2.24) is 4.98 Å². The number of benzene rings is 3. The molecule has 0 aliphatic carbocycles. The molecule has 1 aromatic heterocycles. The number of rotatable bonds is 5. The molecule has 1 atom stereocenters. The third-order valence-corrected chi connectivity index (χ3v) is 7.98. The number of hydrogen-bond acceptors (Lipinski definition) is 3. The van der Waals surface area contributed by atoms with Gasteiger partial charge in [0.2, 0.25) is 0 Å². The molecule has 3 nitrogen and oxygen atoms in total. The summed E-state index contributed by atoms with van der Waals surface area (Å²) in [4.78, 5) is 5.83. The fraction of sp³-hybridized carbons (Fsp3) is 0.0455. The molecular formula is C22H12Cl3F3N2OS2. The topological polar surface area (TPSA) is 42.0 Å². The molecule has 0 radical (unpaired) electrons. The maximum absolute atomic E-state index is 12.8. The number of nitrogens with zero attached hydrogens (tertiary/aromatic N) is 1. The molecule has 0 aliphatic heterocycles. The van der Waals surface area contributed by atoms with Gasteiger partial charge in [0.15, 0.2) is 11.0 Å². The highest BCUT2D eigenvalue weighted by atomic mass is 35.5. The number of alkyl halides is 3. The number of pyridine rings is 1.